The number of primary amides is 1. The molecule has 1 aromatic rings. The summed E-state index contributed by atoms with van der Waals surface area (Å²) in [6.45, 7) is 5.72. The molecule has 136 valence electrons. The van der Waals surface area contributed by atoms with Gasteiger partial charge in [0.1, 0.15) is 0 Å². The number of halogens is 1. The van der Waals surface area contributed by atoms with E-state index in [0.29, 0.717) is 18.3 Å². The standard InChI is InChI=1S/C16H28N6O.HI/c1-13(11-22-8-4-6-20-22)10-19-16(18-2)21-7-3-5-14(12-21)9-15(17)23;/h4,6,8,13-14H,3,5,7,9-12H2,1-2H3,(H2,17,23)(H,18,19);1H. The van der Waals surface area contributed by atoms with Gasteiger partial charge in [0.25, 0.3) is 0 Å². The average molecular weight is 448 g/mol. The van der Waals surface area contributed by atoms with Gasteiger partial charge in [0.05, 0.1) is 0 Å². The Balaban J connectivity index is 0.00000288. The number of aliphatic imine (C=N–C) groups is 1. The maximum absolute atomic E-state index is 11.1. The molecule has 1 amide bonds. The predicted molar refractivity (Wildman–Crippen MR) is 106 cm³/mol. The maximum Gasteiger partial charge on any atom is 0.217 e. The van der Waals surface area contributed by atoms with Crippen molar-refractivity contribution in [1.29, 1.82) is 0 Å². The van der Waals surface area contributed by atoms with E-state index < -0.39 is 0 Å². The van der Waals surface area contributed by atoms with Gasteiger partial charge in [-0.05, 0) is 30.7 Å². The molecule has 24 heavy (non-hydrogen) atoms. The Morgan fingerprint density at radius 3 is 2.96 bits per heavy atom. The van der Waals surface area contributed by atoms with Crippen LogP contribution in [0.3, 0.4) is 0 Å². The lowest BCUT2D eigenvalue weighted by molar-refractivity contribution is -0.119. The molecule has 0 spiro atoms. The number of aromatic nitrogens is 2. The lowest BCUT2D eigenvalue weighted by atomic mass is 9.95. The molecule has 0 aromatic carbocycles. The normalized spacial score (nSPS) is 19.5. The SMILES string of the molecule is CN=C(NCC(C)Cn1cccn1)N1CCCC(CC(N)=O)C1.I. The van der Waals surface area contributed by atoms with Crippen LogP contribution < -0.4 is 11.1 Å². The zero-order valence-electron chi connectivity index (χ0n) is 14.5. The summed E-state index contributed by atoms with van der Waals surface area (Å²) < 4.78 is 1.94. The van der Waals surface area contributed by atoms with Crippen molar-refractivity contribution in [2.24, 2.45) is 22.6 Å². The second-order valence-corrected chi connectivity index (χ2v) is 6.39. The third-order valence-corrected chi connectivity index (χ3v) is 4.19. The van der Waals surface area contributed by atoms with Gasteiger partial charge < -0.3 is 16.0 Å². The lowest BCUT2D eigenvalue weighted by Gasteiger charge is -2.35. The summed E-state index contributed by atoms with van der Waals surface area (Å²) in [6, 6.07) is 1.94. The van der Waals surface area contributed by atoms with Gasteiger partial charge in [-0.1, -0.05) is 6.92 Å². The van der Waals surface area contributed by atoms with E-state index in [-0.39, 0.29) is 29.9 Å². The highest BCUT2D eigenvalue weighted by molar-refractivity contribution is 14.0. The van der Waals surface area contributed by atoms with Crippen molar-refractivity contribution in [3.05, 3.63) is 18.5 Å². The van der Waals surface area contributed by atoms with E-state index in [0.717, 1.165) is 45.0 Å². The van der Waals surface area contributed by atoms with Gasteiger partial charge in [0.15, 0.2) is 5.96 Å². The molecule has 0 bridgehead atoms. The first-order valence-corrected chi connectivity index (χ1v) is 8.29. The topological polar surface area (TPSA) is 88.5 Å². The number of nitrogens with one attached hydrogen (secondary N) is 1. The predicted octanol–water partition coefficient (Wildman–Crippen LogP) is 1.30. The molecular weight excluding hydrogens is 419 g/mol. The molecule has 3 N–H and O–H groups in total. The first kappa shape index (κ1) is 20.7. The number of piperidine rings is 1. The fraction of sp³-hybridized carbons (Fsp3) is 0.688. The number of guanidine groups is 1. The molecule has 1 aliphatic rings. The molecule has 1 fully saturated rings. The Hall–Kier alpha value is -1.32. The van der Waals surface area contributed by atoms with Crippen molar-refractivity contribution in [3.8, 4) is 0 Å². The van der Waals surface area contributed by atoms with Gasteiger partial charge in [-0.3, -0.25) is 14.5 Å². The van der Waals surface area contributed by atoms with Crippen LogP contribution >= 0.6 is 24.0 Å². The minimum Gasteiger partial charge on any atom is -0.370 e. The number of rotatable bonds is 6. The summed E-state index contributed by atoms with van der Waals surface area (Å²) in [5.41, 5.74) is 5.33. The minimum atomic E-state index is -0.215. The van der Waals surface area contributed by atoms with Gasteiger partial charge in [0.2, 0.25) is 5.91 Å². The highest BCUT2D eigenvalue weighted by Gasteiger charge is 2.23. The Morgan fingerprint density at radius 2 is 2.33 bits per heavy atom. The summed E-state index contributed by atoms with van der Waals surface area (Å²) in [6.07, 6.45) is 6.37. The molecule has 2 atom stereocenters. The van der Waals surface area contributed by atoms with Gasteiger partial charge >= 0.3 is 0 Å². The maximum atomic E-state index is 11.1. The van der Waals surface area contributed by atoms with Crippen molar-refractivity contribution < 1.29 is 4.79 Å². The van der Waals surface area contributed by atoms with Crippen LogP contribution in [0.4, 0.5) is 0 Å². The number of carbonyl (C=O) groups is 1. The molecule has 0 saturated carbocycles. The van der Waals surface area contributed by atoms with Crippen molar-refractivity contribution in [2.45, 2.75) is 32.7 Å². The van der Waals surface area contributed by atoms with Crippen molar-refractivity contribution in [3.63, 3.8) is 0 Å². The fourth-order valence-electron chi connectivity index (χ4n) is 3.10. The van der Waals surface area contributed by atoms with E-state index in [2.05, 4.69) is 27.2 Å². The number of hydrogen-bond acceptors (Lipinski definition) is 3. The van der Waals surface area contributed by atoms with E-state index in [4.69, 9.17) is 5.73 Å². The van der Waals surface area contributed by atoms with Gasteiger partial charge in [-0.15, -0.1) is 24.0 Å². The monoisotopic (exact) mass is 448 g/mol. The summed E-state index contributed by atoms with van der Waals surface area (Å²) in [5, 5.41) is 7.68. The Bertz CT molecular complexity index is 519. The first-order valence-electron chi connectivity index (χ1n) is 8.29. The van der Waals surface area contributed by atoms with E-state index in [9.17, 15) is 4.79 Å². The molecular formula is C16H29IN6O. The van der Waals surface area contributed by atoms with Crippen LogP contribution in [0.5, 0.6) is 0 Å². The van der Waals surface area contributed by atoms with Crippen LogP contribution in [0.2, 0.25) is 0 Å². The third kappa shape index (κ3) is 6.66. The number of carbonyl (C=O) groups excluding carboxylic acids is 1. The number of hydrogen-bond donors (Lipinski definition) is 2. The zero-order valence-corrected chi connectivity index (χ0v) is 16.8. The van der Waals surface area contributed by atoms with E-state index in [1.807, 2.05) is 16.9 Å². The molecule has 1 aromatic heterocycles. The molecule has 2 unspecified atom stereocenters. The van der Waals surface area contributed by atoms with Crippen LogP contribution in [0.25, 0.3) is 0 Å². The molecule has 8 heteroatoms. The molecule has 1 saturated heterocycles. The molecule has 1 aliphatic heterocycles. The second kappa shape index (κ2) is 10.5. The van der Waals surface area contributed by atoms with Gasteiger partial charge in [0, 0.05) is 52.0 Å². The smallest absolute Gasteiger partial charge is 0.217 e. The summed E-state index contributed by atoms with van der Waals surface area (Å²) in [7, 11) is 1.80. The lowest BCUT2D eigenvalue weighted by Crippen LogP contribution is -2.48. The summed E-state index contributed by atoms with van der Waals surface area (Å²) >= 11 is 0. The van der Waals surface area contributed by atoms with Crippen molar-refractivity contribution in [1.82, 2.24) is 20.0 Å². The van der Waals surface area contributed by atoms with Crippen LogP contribution in [-0.2, 0) is 11.3 Å². The fourth-order valence-corrected chi connectivity index (χ4v) is 3.10. The number of nitrogens with two attached hydrogens (primary N) is 1. The third-order valence-electron chi connectivity index (χ3n) is 4.19. The Labute approximate surface area is 161 Å². The molecule has 2 heterocycles. The van der Waals surface area contributed by atoms with E-state index in [1.165, 1.54) is 0 Å². The Morgan fingerprint density at radius 1 is 1.54 bits per heavy atom. The van der Waals surface area contributed by atoms with Crippen molar-refractivity contribution in [2.75, 3.05) is 26.7 Å². The number of amides is 1. The van der Waals surface area contributed by atoms with Gasteiger partial charge in [-0.25, -0.2) is 0 Å². The average Bonchev–Trinajstić information content (AvgIpc) is 3.00. The molecule has 7 nitrogen and oxygen atoms in total. The quantitative estimate of drug-likeness (QED) is 0.390. The molecule has 0 aliphatic carbocycles. The zero-order chi connectivity index (χ0) is 16.7. The highest BCUT2D eigenvalue weighted by atomic mass is 127. The minimum absolute atomic E-state index is 0. The van der Waals surface area contributed by atoms with E-state index in [1.54, 1.807) is 13.2 Å². The number of likely N-dealkylation sites (tertiary alicyclic amines) is 1. The Kier molecular flexibility index (Phi) is 9.09. The van der Waals surface area contributed by atoms with Crippen LogP contribution in [0.1, 0.15) is 26.2 Å². The highest BCUT2D eigenvalue weighted by Crippen LogP contribution is 2.19. The van der Waals surface area contributed by atoms with Crippen LogP contribution in [0, 0.1) is 11.8 Å². The van der Waals surface area contributed by atoms with Crippen LogP contribution in [-0.4, -0.2) is 53.2 Å². The summed E-state index contributed by atoms with van der Waals surface area (Å²) in [5.74, 6) is 1.47. The van der Waals surface area contributed by atoms with Crippen LogP contribution in [0.15, 0.2) is 23.5 Å². The summed E-state index contributed by atoms with van der Waals surface area (Å²) in [4.78, 5) is 17.8. The largest absolute Gasteiger partial charge is 0.370 e. The number of nitrogens with zero attached hydrogens (tertiary/aromatic N) is 4. The van der Waals surface area contributed by atoms with Gasteiger partial charge in [-0.2, -0.15) is 5.10 Å². The first-order chi connectivity index (χ1) is 11.1. The second-order valence-electron chi connectivity index (χ2n) is 6.39. The van der Waals surface area contributed by atoms with Crippen molar-refractivity contribution >= 4 is 35.8 Å². The van der Waals surface area contributed by atoms with E-state index >= 15 is 0 Å². The molecule has 2 rings (SSSR count). The molecule has 0 radical (unpaired) electrons.